The lowest BCUT2D eigenvalue weighted by Crippen LogP contribution is -2.25. The Kier molecular flexibility index (Phi) is 3.62. The summed E-state index contributed by atoms with van der Waals surface area (Å²) in [5.41, 5.74) is 1.42. The fourth-order valence-corrected chi connectivity index (χ4v) is 1.81. The highest BCUT2D eigenvalue weighted by Gasteiger charge is 2.26. The fraction of sp³-hybridized carbons (Fsp3) is 0.231. The van der Waals surface area contributed by atoms with Crippen LogP contribution in [0, 0.1) is 0 Å². The summed E-state index contributed by atoms with van der Waals surface area (Å²) in [6.45, 7) is 2.58. The zero-order valence-corrected chi connectivity index (χ0v) is 11.1. The Balaban J connectivity index is 2.18. The maximum Gasteiger partial charge on any atom is 0.276 e. The van der Waals surface area contributed by atoms with Gasteiger partial charge in [-0.3, -0.25) is 9.69 Å². The molecule has 2 rings (SSSR count). The molecule has 5 heteroatoms. The highest BCUT2D eigenvalue weighted by molar-refractivity contribution is 7.80. The average Bonchev–Trinajstić information content (AvgIpc) is 2.60. The first-order chi connectivity index (χ1) is 8.61. The van der Waals surface area contributed by atoms with E-state index in [1.54, 1.807) is 13.1 Å². The fourth-order valence-electron chi connectivity index (χ4n) is 1.62. The summed E-state index contributed by atoms with van der Waals surface area (Å²) in [6, 6.07) is 7.54. The Hall–Kier alpha value is -1.88. The number of carbonyl (C=O) groups excluding carboxylic acids is 1. The number of hydrogen-bond acceptors (Lipinski definition) is 3. The van der Waals surface area contributed by atoms with E-state index in [0.717, 1.165) is 11.3 Å². The van der Waals surface area contributed by atoms with E-state index in [1.165, 1.54) is 4.90 Å². The molecule has 1 aliphatic heterocycles. The third-order valence-electron chi connectivity index (χ3n) is 2.58. The van der Waals surface area contributed by atoms with Crippen molar-refractivity contribution in [3.8, 4) is 5.75 Å². The van der Waals surface area contributed by atoms with E-state index in [-0.39, 0.29) is 5.91 Å². The summed E-state index contributed by atoms with van der Waals surface area (Å²) in [5.74, 6) is 0.701. The van der Waals surface area contributed by atoms with Crippen LogP contribution in [-0.4, -0.2) is 29.6 Å². The van der Waals surface area contributed by atoms with Crippen LogP contribution in [0.1, 0.15) is 12.5 Å². The lowest BCUT2D eigenvalue weighted by atomic mass is 10.2. The normalized spacial score (nSPS) is 17.2. The smallest absolute Gasteiger partial charge is 0.276 e. The lowest BCUT2D eigenvalue weighted by molar-refractivity contribution is -0.121. The van der Waals surface area contributed by atoms with Gasteiger partial charge in [0.2, 0.25) is 0 Å². The van der Waals surface area contributed by atoms with Crippen LogP contribution in [0.3, 0.4) is 0 Å². The number of benzene rings is 1. The van der Waals surface area contributed by atoms with E-state index >= 15 is 0 Å². The van der Waals surface area contributed by atoms with Gasteiger partial charge in [-0.2, -0.15) is 0 Å². The number of rotatable bonds is 3. The van der Waals surface area contributed by atoms with E-state index in [2.05, 4.69) is 5.32 Å². The van der Waals surface area contributed by atoms with Crippen LogP contribution in [0.25, 0.3) is 6.08 Å². The molecule has 0 aromatic heterocycles. The zero-order chi connectivity index (χ0) is 13.1. The molecule has 1 fully saturated rings. The Labute approximate surface area is 111 Å². The molecule has 1 heterocycles. The van der Waals surface area contributed by atoms with Gasteiger partial charge in [-0.05, 0) is 42.9 Å². The summed E-state index contributed by atoms with van der Waals surface area (Å²) in [7, 11) is 1.65. The summed E-state index contributed by atoms with van der Waals surface area (Å²) >= 11 is 5.00. The number of amides is 1. The molecule has 1 saturated heterocycles. The summed E-state index contributed by atoms with van der Waals surface area (Å²) < 4.78 is 5.35. The van der Waals surface area contributed by atoms with Crippen molar-refractivity contribution in [2.24, 2.45) is 0 Å². The number of hydrogen-bond donors (Lipinski definition) is 1. The molecule has 0 atom stereocenters. The third kappa shape index (κ3) is 2.51. The van der Waals surface area contributed by atoms with Gasteiger partial charge in [0.15, 0.2) is 5.11 Å². The quantitative estimate of drug-likeness (QED) is 0.666. The van der Waals surface area contributed by atoms with Gasteiger partial charge in [0.25, 0.3) is 5.91 Å². The Morgan fingerprint density at radius 1 is 1.39 bits per heavy atom. The van der Waals surface area contributed by atoms with Gasteiger partial charge in [-0.1, -0.05) is 12.1 Å². The van der Waals surface area contributed by atoms with Crippen molar-refractivity contribution in [1.29, 1.82) is 0 Å². The van der Waals surface area contributed by atoms with Crippen LogP contribution >= 0.6 is 12.2 Å². The maximum absolute atomic E-state index is 11.8. The highest BCUT2D eigenvalue weighted by atomic mass is 32.1. The van der Waals surface area contributed by atoms with Crippen LogP contribution in [0.5, 0.6) is 5.75 Å². The molecule has 0 aliphatic carbocycles. The number of nitrogens with one attached hydrogen (secondary N) is 1. The van der Waals surface area contributed by atoms with E-state index in [9.17, 15) is 4.79 Å². The van der Waals surface area contributed by atoms with Crippen molar-refractivity contribution in [3.63, 3.8) is 0 Å². The summed E-state index contributed by atoms with van der Waals surface area (Å²) in [6.07, 6.45) is 1.77. The molecule has 1 N–H and O–H groups in total. The van der Waals surface area contributed by atoms with Crippen LogP contribution in [-0.2, 0) is 4.79 Å². The Morgan fingerprint density at radius 2 is 2.06 bits per heavy atom. The molecule has 1 aromatic rings. The van der Waals surface area contributed by atoms with Gasteiger partial charge in [0.05, 0.1) is 6.61 Å². The van der Waals surface area contributed by atoms with Gasteiger partial charge < -0.3 is 10.1 Å². The van der Waals surface area contributed by atoms with Crippen molar-refractivity contribution >= 4 is 29.3 Å². The second kappa shape index (κ2) is 5.18. The largest absolute Gasteiger partial charge is 0.494 e. The lowest BCUT2D eigenvalue weighted by Gasteiger charge is -2.03. The Bertz CT molecular complexity index is 508. The average molecular weight is 262 g/mol. The third-order valence-corrected chi connectivity index (χ3v) is 2.96. The van der Waals surface area contributed by atoms with Gasteiger partial charge in [-0.25, -0.2) is 0 Å². The molecule has 18 heavy (non-hydrogen) atoms. The number of ether oxygens (including phenoxy) is 1. The van der Waals surface area contributed by atoms with Crippen molar-refractivity contribution in [2.45, 2.75) is 6.92 Å². The number of carbonyl (C=O) groups is 1. The molecule has 0 unspecified atom stereocenters. The number of thiocarbonyl (C=S) groups is 1. The SMILES string of the molecule is CCOc1ccc(/C=C2\NC(=S)N(C)C2=O)cc1. The molecule has 1 amide bonds. The van der Waals surface area contributed by atoms with E-state index in [0.29, 0.717) is 17.4 Å². The molecule has 94 valence electrons. The molecule has 0 radical (unpaired) electrons. The van der Waals surface area contributed by atoms with Crippen LogP contribution in [0.4, 0.5) is 0 Å². The highest BCUT2D eigenvalue weighted by Crippen LogP contribution is 2.16. The first kappa shape index (κ1) is 12.6. The van der Waals surface area contributed by atoms with Crippen molar-refractivity contribution in [1.82, 2.24) is 10.2 Å². The summed E-state index contributed by atoms with van der Waals surface area (Å²) in [5, 5.41) is 3.31. The van der Waals surface area contributed by atoms with E-state index in [4.69, 9.17) is 17.0 Å². The second-order valence-electron chi connectivity index (χ2n) is 3.85. The zero-order valence-electron chi connectivity index (χ0n) is 10.3. The standard InChI is InChI=1S/C13H14N2O2S/c1-3-17-10-6-4-9(5-7-10)8-11-12(16)15(2)13(18)14-11/h4-8H,3H2,1-2H3,(H,14,18)/b11-8-. The van der Waals surface area contributed by atoms with Crippen LogP contribution in [0.15, 0.2) is 30.0 Å². The maximum atomic E-state index is 11.8. The van der Waals surface area contributed by atoms with Gasteiger partial charge in [0, 0.05) is 7.05 Å². The first-order valence-electron chi connectivity index (χ1n) is 5.65. The molecule has 0 bridgehead atoms. The van der Waals surface area contributed by atoms with Gasteiger partial charge >= 0.3 is 0 Å². The minimum Gasteiger partial charge on any atom is -0.494 e. The van der Waals surface area contributed by atoms with E-state index < -0.39 is 0 Å². The second-order valence-corrected chi connectivity index (χ2v) is 4.24. The molecular formula is C13H14N2O2S. The summed E-state index contributed by atoms with van der Waals surface area (Å²) in [4.78, 5) is 13.2. The number of likely N-dealkylation sites (N-methyl/N-ethyl adjacent to an activating group) is 1. The van der Waals surface area contributed by atoms with Crippen molar-refractivity contribution < 1.29 is 9.53 Å². The monoisotopic (exact) mass is 262 g/mol. The minimum atomic E-state index is -0.117. The van der Waals surface area contributed by atoms with Gasteiger partial charge in [0.1, 0.15) is 11.4 Å². The molecular weight excluding hydrogens is 248 g/mol. The molecule has 1 aliphatic rings. The van der Waals surface area contributed by atoms with Crippen molar-refractivity contribution in [3.05, 3.63) is 35.5 Å². The molecule has 1 aromatic carbocycles. The molecule has 4 nitrogen and oxygen atoms in total. The molecule has 0 saturated carbocycles. The predicted molar refractivity (Wildman–Crippen MR) is 74.1 cm³/mol. The minimum absolute atomic E-state index is 0.117. The predicted octanol–water partition coefficient (Wildman–Crippen LogP) is 1.77. The van der Waals surface area contributed by atoms with E-state index in [1.807, 2.05) is 31.2 Å². The Morgan fingerprint density at radius 3 is 2.56 bits per heavy atom. The van der Waals surface area contributed by atoms with Crippen LogP contribution < -0.4 is 10.1 Å². The van der Waals surface area contributed by atoms with Crippen LogP contribution in [0.2, 0.25) is 0 Å². The van der Waals surface area contributed by atoms with Crippen molar-refractivity contribution in [2.75, 3.05) is 13.7 Å². The topological polar surface area (TPSA) is 41.6 Å². The first-order valence-corrected chi connectivity index (χ1v) is 6.06. The van der Waals surface area contributed by atoms with Gasteiger partial charge in [-0.15, -0.1) is 0 Å². The number of nitrogens with zero attached hydrogens (tertiary/aromatic N) is 1. The molecule has 0 spiro atoms.